The smallest absolute Gasteiger partial charge is 0.251 e. The maximum atomic E-state index is 12.7. The number of fused-ring (bicyclic) bond motifs is 1. The first-order valence-electron chi connectivity index (χ1n) is 10.2. The summed E-state index contributed by atoms with van der Waals surface area (Å²) in [7, 11) is -3.71. The molecule has 2 aromatic rings. The lowest BCUT2D eigenvalue weighted by Gasteiger charge is -2.19. The molecule has 0 atom stereocenters. The minimum Gasteiger partial charge on any atom is -0.371 e. The van der Waals surface area contributed by atoms with Gasteiger partial charge in [0.15, 0.2) is 0 Å². The topological polar surface area (TPSA) is 91.7 Å². The van der Waals surface area contributed by atoms with E-state index in [2.05, 4.69) is 17.1 Å². The molecule has 3 rings (SSSR count). The minimum absolute atomic E-state index is 0.00489. The quantitative estimate of drug-likeness (QED) is 0.688. The van der Waals surface area contributed by atoms with Gasteiger partial charge in [-0.1, -0.05) is 19.9 Å². The molecule has 0 saturated carbocycles. The van der Waals surface area contributed by atoms with Crippen LogP contribution in [0.15, 0.2) is 46.2 Å². The fraction of sp³-hybridized carbons (Fsp3) is 0.429. The van der Waals surface area contributed by atoms with Gasteiger partial charge < -0.3 is 14.8 Å². The third kappa shape index (κ3) is 4.41. The first-order chi connectivity index (χ1) is 14.3. The first-order valence-corrected chi connectivity index (χ1v) is 11.6. The fourth-order valence-corrected chi connectivity index (χ4v) is 5.18. The van der Waals surface area contributed by atoms with Gasteiger partial charge in [-0.2, -0.15) is 4.31 Å². The van der Waals surface area contributed by atoms with E-state index in [4.69, 9.17) is 0 Å². The molecule has 0 aliphatic carbocycles. The standard InChI is InChI=1S/C21H28N4O4S/c1-4-23-12-11-16-7-8-17(13-19(16)23)22-20(26)15-24-14-18(9-10-21(24)27)30(28,29)25(5-2)6-3/h7-10,13-14H,4-6,11-12,15H2,1-3H3,(H,22,26). The Balaban J connectivity index is 1.78. The van der Waals surface area contributed by atoms with Gasteiger partial charge in [0.2, 0.25) is 15.9 Å². The van der Waals surface area contributed by atoms with E-state index >= 15 is 0 Å². The maximum Gasteiger partial charge on any atom is 0.251 e. The van der Waals surface area contributed by atoms with Crippen molar-refractivity contribution in [1.82, 2.24) is 8.87 Å². The van der Waals surface area contributed by atoms with Gasteiger partial charge in [0, 0.05) is 49.8 Å². The van der Waals surface area contributed by atoms with Gasteiger partial charge in [-0.3, -0.25) is 9.59 Å². The van der Waals surface area contributed by atoms with E-state index in [1.54, 1.807) is 13.8 Å². The van der Waals surface area contributed by atoms with E-state index in [0.29, 0.717) is 18.8 Å². The molecule has 1 aliphatic heterocycles. The predicted molar refractivity (Wildman–Crippen MR) is 117 cm³/mol. The molecule has 0 fully saturated rings. The molecule has 2 heterocycles. The average molecular weight is 433 g/mol. The van der Waals surface area contributed by atoms with Crippen molar-refractivity contribution >= 4 is 27.3 Å². The molecule has 9 heteroatoms. The Hall–Kier alpha value is -2.65. The number of rotatable bonds is 8. The monoisotopic (exact) mass is 432 g/mol. The van der Waals surface area contributed by atoms with E-state index in [1.807, 2.05) is 18.2 Å². The molecule has 0 bridgehead atoms. The van der Waals surface area contributed by atoms with Crippen LogP contribution in [-0.2, 0) is 27.8 Å². The summed E-state index contributed by atoms with van der Waals surface area (Å²) in [5, 5.41) is 2.81. The molecule has 0 spiro atoms. The van der Waals surface area contributed by atoms with Gasteiger partial charge in [0.1, 0.15) is 6.54 Å². The molecule has 1 aromatic heterocycles. The number of aromatic nitrogens is 1. The van der Waals surface area contributed by atoms with E-state index in [1.165, 1.54) is 28.2 Å². The summed E-state index contributed by atoms with van der Waals surface area (Å²) < 4.78 is 27.8. The molecule has 1 aromatic carbocycles. The number of carbonyl (C=O) groups is 1. The lowest BCUT2D eigenvalue weighted by molar-refractivity contribution is -0.116. The molecule has 0 unspecified atom stereocenters. The molecule has 1 amide bonds. The summed E-state index contributed by atoms with van der Waals surface area (Å²) in [6, 6.07) is 8.25. The van der Waals surface area contributed by atoms with Crippen LogP contribution in [-0.4, -0.2) is 49.4 Å². The van der Waals surface area contributed by atoms with Crippen molar-refractivity contribution in [3.8, 4) is 0 Å². The van der Waals surface area contributed by atoms with Crippen LogP contribution in [0.3, 0.4) is 0 Å². The zero-order chi connectivity index (χ0) is 21.9. The van der Waals surface area contributed by atoms with Crippen LogP contribution in [0.5, 0.6) is 0 Å². The molecular formula is C21H28N4O4S. The Morgan fingerprint density at radius 1 is 1.13 bits per heavy atom. The van der Waals surface area contributed by atoms with E-state index in [-0.39, 0.29) is 11.4 Å². The number of sulfonamides is 1. The average Bonchev–Trinajstić information content (AvgIpc) is 3.12. The summed E-state index contributed by atoms with van der Waals surface area (Å²) in [6.45, 7) is 7.83. The van der Waals surface area contributed by atoms with Crippen molar-refractivity contribution in [2.45, 2.75) is 38.6 Å². The van der Waals surface area contributed by atoms with Gasteiger partial charge in [-0.05, 0) is 37.1 Å². The Kier molecular flexibility index (Phi) is 6.62. The third-order valence-electron chi connectivity index (χ3n) is 5.36. The van der Waals surface area contributed by atoms with Crippen molar-refractivity contribution in [2.75, 3.05) is 36.4 Å². The van der Waals surface area contributed by atoms with Crippen LogP contribution in [0.4, 0.5) is 11.4 Å². The van der Waals surface area contributed by atoms with Crippen LogP contribution in [0, 0.1) is 0 Å². The van der Waals surface area contributed by atoms with Gasteiger partial charge in [0.25, 0.3) is 5.56 Å². The highest BCUT2D eigenvalue weighted by Crippen LogP contribution is 2.30. The van der Waals surface area contributed by atoms with E-state index < -0.39 is 21.5 Å². The number of likely N-dealkylation sites (N-methyl/N-ethyl adjacent to an activating group) is 1. The van der Waals surface area contributed by atoms with Crippen LogP contribution in [0.2, 0.25) is 0 Å². The number of pyridine rings is 1. The van der Waals surface area contributed by atoms with Gasteiger partial charge in [-0.25, -0.2) is 8.42 Å². The SMILES string of the molecule is CCN1CCc2ccc(NC(=O)Cn3cc(S(=O)(=O)N(CC)CC)ccc3=O)cc21. The van der Waals surface area contributed by atoms with Gasteiger partial charge >= 0.3 is 0 Å². The highest BCUT2D eigenvalue weighted by atomic mass is 32.2. The number of nitrogens with one attached hydrogen (secondary N) is 1. The highest BCUT2D eigenvalue weighted by Gasteiger charge is 2.23. The Labute approximate surface area is 177 Å². The summed E-state index contributed by atoms with van der Waals surface area (Å²) in [4.78, 5) is 27.0. The summed E-state index contributed by atoms with van der Waals surface area (Å²) in [5.74, 6) is -0.393. The zero-order valence-electron chi connectivity index (χ0n) is 17.6. The van der Waals surface area contributed by atoms with Crippen LogP contribution >= 0.6 is 0 Å². The maximum absolute atomic E-state index is 12.7. The molecule has 8 nitrogen and oxygen atoms in total. The van der Waals surface area contributed by atoms with Crippen molar-refractivity contribution in [3.05, 3.63) is 52.4 Å². The lowest BCUT2D eigenvalue weighted by atomic mass is 10.1. The second-order valence-electron chi connectivity index (χ2n) is 7.14. The summed E-state index contributed by atoms with van der Waals surface area (Å²) >= 11 is 0. The second kappa shape index (κ2) is 9.01. The normalized spacial score (nSPS) is 13.5. The zero-order valence-corrected chi connectivity index (χ0v) is 18.4. The Bertz CT molecular complexity index is 1090. The lowest BCUT2D eigenvalue weighted by Crippen LogP contribution is -2.33. The molecule has 30 heavy (non-hydrogen) atoms. The Morgan fingerprint density at radius 3 is 2.53 bits per heavy atom. The second-order valence-corrected chi connectivity index (χ2v) is 9.08. The number of nitrogens with zero attached hydrogens (tertiary/aromatic N) is 3. The first kappa shape index (κ1) is 22.0. The van der Waals surface area contributed by atoms with Gasteiger partial charge in [-0.15, -0.1) is 0 Å². The number of carbonyl (C=O) groups excluding carboxylic acids is 1. The number of anilines is 2. The third-order valence-corrected chi connectivity index (χ3v) is 7.39. The van der Waals surface area contributed by atoms with Crippen molar-refractivity contribution in [2.24, 2.45) is 0 Å². The molecule has 1 aliphatic rings. The largest absolute Gasteiger partial charge is 0.371 e. The predicted octanol–water partition coefficient (Wildman–Crippen LogP) is 1.90. The molecule has 0 saturated heterocycles. The number of amides is 1. The van der Waals surface area contributed by atoms with Crippen molar-refractivity contribution < 1.29 is 13.2 Å². The number of hydrogen-bond acceptors (Lipinski definition) is 5. The highest BCUT2D eigenvalue weighted by molar-refractivity contribution is 7.89. The number of hydrogen-bond donors (Lipinski definition) is 1. The van der Waals surface area contributed by atoms with Crippen molar-refractivity contribution in [1.29, 1.82) is 0 Å². The summed E-state index contributed by atoms with van der Waals surface area (Å²) in [6.07, 6.45) is 2.22. The summed E-state index contributed by atoms with van der Waals surface area (Å²) in [5.41, 5.74) is 2.58. The Morgan fingerprint density at radius 2 is 1.87 bits per heavy atom. The van der Waals surface area contributed by atoms with Crippen molar-refractivity contribution in [3.63, 3.8) is 0 Å². The van der Waals surface area contributed by atoms with Crippen LogP contribution < -0.4 is 15.8 Å². The fourth-order valence-electron chi connectivity index (χ4n) is 3.71. The van der Waals surface area contributed by atoms with E-state index in [0.717, 1.165) is 29.8 Å². The number of benzene rings is 1. The van der Waals surface area contributed by atoms with Crippen LogP contribution in [0.1, 0.15) is 26.3 Å². The minimum atomic E-state index is -3.71. The molecule has 162 valence electrons. The molecular weight excluding hydrogens is 404 g/mol. The van der Waals surface area contributed by atoms with Crippen LogP contribution in [0.25, 0.3) is 0 Å². The van der Waals surface area contributed by atoms with Gasteiger partial charge in [0.05, 0.1) is 4.90 Å². The van der Waals surface area contributed by atoms with E-state index in [9.17, 15) is 18.0 Å². The molecule has 1 N–H and O–H groups in total. The molecule has 0 radical (unpaired) electrons.